The number of methoxy groups -OCH3 is 2. The van der Waals surface area contributed by atoms with Gasteiger partial charge < -0.3 is 14.8 Å². The molecule has 0 bridgehead atoms. The Bertz CT molecular complexity index is 997. The highest BCUT2D eigenvalue weighted by molar-refractivity contribution is 7.92. The summed E-state index contributed by atoms with van der Waals surface area (Å²) in [7, 11) is -0.845. The molecule has 1 amide bonds. The van der Waals surface area contributed by atoms with Crippen LogP contribution in [0.2, 0.25) is 5.02 Å². The molecule has 0 aliphatic carbocycles. The minimum atomic E-state index is -3.83. The van der Waals surface area contributed by atoms with E-state index in [0.29, 0.717) is 16.5 Å². The van der Waals surface area contributed by atoms with Gasteiger partial charge in [0.1, 0.15) is 17.5 Å². The number of nitrogens with one attached hydrogen (secondary N) is 1. The van der Waals surface area contributed by atoms with Crippen LogP contribution in [0.4, 0.5) is 5.69 Å². The van der Waals surface area contributed by atoms with Crippen LogP contribution >= 0.6 is 11.6 Å². The van der Waals surface area contributed by atoms with Gasteiger partial charge >= 0.3 is 0 Å². The van der Waals surface area contributed by atoms with Gasteiger partial charge in [-0.25, -0.2) is 8.42 Å². The summed E-state index contributed by atoms with van der Waals surface area (Å²) in [6.07, 6.45) is 1.29. The number of hydrogen-bond donors (Lipinski definition) is 1. The van der Waals surface area contributed by atoms with Crippen LogP contribution in [0.3, 0.4) is 0 Å². The lowest BCUT2D eigenvalue weighted by molar-refractivity contribution is -0.122. The van der Waals surface area contributed by atoms with Gasteiger partial charge in [0.25, 0.3) is 0 Å². The van der Waals surface area contributed by atoms with E-state index in [9.17, 15) is 13.2 Å². The number of carbonyl (C=O) groups excluding carboxylic acids is 1. The lowest BCUT2D eigenvalue weighted by Gasteiger charge is -2.32. The van der Waals surface area contributed by atoms with Gasteiger partial charge in [0.15, 0.2) is 0 Å². The topological polar surface area (TPSA) is 84.9 Å². The number of rotatable bonds is 9. The molecule has 1 N–H and O–H groups in total. The van der Waals surface area contributed by atoms with E-state index >= 15 is 0 Å². The summed E-state index contributed by atoms with van der Waals surface area (Å²) in [6.45, 7) is 3.56. The monoisotopic (exact) mass is 454 g/mol. The maximum atomic E-state index is 13.2. The van der Waals surface area contributed by atoms with Crippen molar-refractivity contribution in [2.24, 2.45) is 0 Å². The van der Waals surface area contributed by atoms with Crippen LogP contribution in [-0.4, -0.2) is 40.8 Å². The Morgan fingerprint density at radius 3 is 2.33 bits per heavy atom. The Labute approximate surface area is 183 Å². The van der Waals surface area contributed by atoms with Crippen molar-refractivity contribution in [1.29, 1.82) is 0 Å². The van der Waals surface area contributed by atoms with Crippen molar-refractivity contribution < 1.29 is 22.7 Å². The van der Waals surface area contributed by atoms with E-state index in [0.717, 1.165) is 16.1 Å². The second-order valence-corrected chi connectivity index (χ2v) is 9.07. The molecule has 30 heavy (non-hydrogen) atoms. The van der Waals surface area contributed by atoms with E-state index < -0.39 is 28.0 Å². The molecular weight excluding hydrogens is 428 g/mol. The first kappa shape index (κ1) is 23.8. The summed E-state index contributed by atoms with van der Waals surface area (Å²) >= 11 is 6.10. The molecule has 0 radical (unpaired) electrons. The zero-order valence-corrected chi connectivity index (χ0v) is 19.3. The number of halogens is 1. The molecule has 2 atom stereocenters. The van der Waals surface area contributed by atoms with Crippen LogP contribution in [-0.2, 0) is 14.8 Å². The fourth-order valence-electron chi connectivity index (χ4n) is 3.28. The van der Waals surface area contributed by atoms with Crippen molar-refractivity contribution in [2.75, 3.05) is 24.8 Å². The predicted molar refractivity (Wildman–Crippen MR) is 119 cm³/mol. The third-order valence-corrected chi connectivity index (χ3v) is 6.07. The molecule has 0 aliphatic heterocycles. The number of carbonyl (C=O) groups is 1. The largest absolute Gasteiger partial charge is 0.496 e. The highest BCUT2D eigenvalue weighted by Gasteiger charge is 2.34. The van der Waals surface area contributed by atoms with Gasteiger partial charge in [-0.15, -0.1) is 0 Å². The van der Waals surface area contributed by atoms with E-state index in [1.54, 1.807) is 32.2 Å². The van der Waals surface area contributed by atoms with Gasteiger partial charge in [0.05, 0.1) is 32.2 Å². The maximum Gasteiger partial charge on any atom is 0.244 e. The highest BCUT2D eigenvalue weighted by atomic mass is 35.5. The van der Waals surface area contributed by atoms with Crippen molar-refractivity contribution in [3.8, 4) is 11.5 Å². The van der Waals surface area contributed by atoms with Crippen molar-refractivity contribution in [3.05, 3.63) is 53.1 Å². The van der Waals surface area contributed by atoms with E-state index in [2.05, 4.69) is 5.32 Å². The molecule has 9 heteroatoms. The smallest absolute Gasteiger partial charge is 0.244 e. The third kappa shape index (κ3) is 5.37. The van der Waals surface area contributed by atoms with E-state index in [-0.39, 0.29) is 12.1 Å². The lowest BCUT2D eigenvalue weighted by Crippen LogP contribution is -2.49. The number of ether oxygens (including phenoxy) is 2. The highest BCUT2D eigenvalue weighted by Crippen LogP contribution is 2.35. The second-order valence-electron chi connectivity index (χ2n) is 6.77. The van der Waals surface area contributed by atoms with Crippen LogP contribution in [0.1, 0.15) is 31.9 Å². The summed E-state index contributed by atoms with van der Waals surface area (Å²) in [5.74, 6) is 0.493. The Morgan fingerprint density at radius 2 is 1.77 bits per heavy atom. The molecule has 0 heterocycles. The van der Waals surface area contributed by atoms with Gasteiger partial charge in [0, 0.05) is 10.6 Å². The van der Waals surface area contributed by atoms with Crippen LogP contribution < -0.4 is 19.1 Å². The first-order chi connectivity index (χ1) is 14.1. The summed E-state index contributed by atoms with van der Waals surface area (Å²) in [4.78, 5) is 13.2. The van der Waals surface area contributed by atoms with Gasteiger partial charge in [-0.3, -0.25) is 9.10 Å². The first-order valence-corrected chi connectivity index (χ1v) is 11.6. The number of para-hydroxylation sites is 1. The summed E-state index contributed by atoms with van der Waals surface area (Å²) in [6, 6.07) is 10.6. The molecule has 0 aromatic heterocycles. The minimum Gasteiger partial charge on any atom is -0.496 e. The van der Waals surface area contributed by atoms with E-state index in [1.807, 2.05) is 25.1 Å². The molecule has 0 saturated carbocycles. The zero-order valence-electron chi connectivity index (χ0n) is 17.7. The van der Waals surface area contributed by atoms with E-state index in [1.165, 1.54) is 13.2 Å². The molecule has 7 nitrogen and oxygen atoms in total. The number of anilines is 1. The van der Waals surface area contributed by atoms with Crippen molar-refractivity contribution >= 4 is 33.2 Å². The summed E-state index contributed by atoms with van der Waals surface area (Å²) < 4.78 is 37.1. The fourth-order valence-corrected chi connectivity index (χ4v) is 4.66. The fraction of sp³-hybridized carbons (Fsp3) is 0.381. The van der Waals surface area contributed by atoms with Crippen molar-refractivity contribution in [1.82, 2.24) is 5.32 Å². The summed E-state index contributed by atoms with van der Waals surface area (Å²) in [5.41, 5.74) is 0.994. The minimum absolute atomic E-state index is 0.208. The molecule has 0 fully saturated rings. The first-order valence-electron chi connectivity index (χ1n) is 9.40. The molecule has 2 aromatic rings. The molecule has 164 valence electrons. The Balaban J connectivity index is 2.43. The SMILES string of the molecule is CCC(C(=O)NC(C)c1ccccc1OC)N(c1cc(Cl)ccc1OC)S(C)(=O)=O. The van der Waals surface area contributed by atoms with E-state index in [4.69, 9.17) is 21.1 Å². The van der Waals surface area contributed by atoms with Gasteiger partial charge in [0.2, 0.25) is 15.9 Å². The molecule has 0 saturated heterocycles. The van der Waals surface area contributed by atoms with Crippen LogP contribution in [0, 0.1) is 0 Å². The quantitative estimate of drug-likeness (QED) is 0.623. The number of nitrogens with zero attached hydrogens (tertiary/aromatic N) is 1. The van der Waals surface area contributed by atoms with Gasteiger partial charge in [-0.2, -0.15) is 0 Å². The standard InChI is InChI=1S/C21H27ClN2O5S/c1-6-17(21(25)23-14(2)16-9-7-8-10-19(16)28-3)24(30(5,26)27)18-13-15(22)11-12-20(18)29-4/h7-14,17H,6H2,1-5H3,(H,23,25). The summed E-state index contributed by atoms with van der Waals surface area (Å²) in [5, 5.41) is 3.23. The van der Waals surface area contributed by atoms with Gasteiger partial charge in [-0.05, 0) is 37.6 Å². The molecule has 0 aliphatic rings. The molecule has 2 aromatic carbocycles. The molecule has 0 spiro atoms. The number of benzene rings is 2. The number of sulfonamides is 1. The zero-order chi connectivity index (χ0) is 22.5. The Hall–Kier alpha value is -2.45. The van der Waals surface area contributed by atoms with Crippen LogP contribution in [0.15, 0.2) is 42.5 Å². The van der Waals surface area contributed by atoms with Crippen molar-refractivity contribution in [2.45, 2.75) is 32.4 Å². The normalized spacial score (nSPS) is 13.3. The second kappa shape index (κ2) is 10.0. The average Bonchev–Trinajstić information content (AvgIpc) is 2.70. The van der Waals surface area contributed by atoms with Crippen LogP contribution in [0.25, 0.3) is 0 Å². The lowest BCUT2D eigenvalue weighted by atomic mass is 10.1. The third-order valence-electron chi connectivity index (χ3n) is 4.67. The molecular formula is C21H27ClN2O5S. The Morgan fingerprint density at radius 1 is 1.13 bits per heavy atom. The van der Waals surface area contributed by atoms with Gasteiger partial charge in [-0.1, -0.05) is 36.7 Å². The number of hydrogen-bond acceptors (Lipinski definition) is 5. The maximum absolute atomic E-state index is 13.2. The Kier molecular flexibility index (Phi) is 7.97. The van der Waals surface area contributed by atoms with Crippen LogP contribution in [0.5, 0.6) is 11.5 Å². The molecule has 2 unspecified atom stereocenters. The average molecular weight is 455 g/mol. The van der Waals surface area contributed by atoms with Crippen molar-refractivity contribution in [3.63, 3.8) is 0 Å². The number of amides is 1. The predicted octanol–water partition coefficient (Wildman–Crippen LogP) is 3.78. The molecule has 2 rings (SSSR count).